The van der Waals surface area contributed by atoms with E-state index in [0.29, 0.717) is 31.2 Å². The van der Waals surface area contributed by atoms with E-state index in [-0.39, 0.29) is 12.3 Å². The van der Waals surface area contributed by atoms with Crippen molar-refractivity contribution < 1.29 is 9.32 Å². The van der Waals surface area contributed by atoms with Gasteiger partial charge in [-0.25, -0.2) is 0 Å². The van der Waals surface area contributed by atoms with Gasteiger partial charge < -0.3 is 9.42 Å². The number of hydrogen-bond donors (Lipinski definition) is 0. The van der Waals surface area contributed by atoms with E-state index in [1.807, 2.05) is 46.7 Å². The summed E-state index contributed by atoms with van der Waals surface area (Å²) < 4.78 is 5.31. The molecule has 0 unspecified atom stereocenters. The van der Waals surface area contributed by atoms with Crippen molar-refractivity contribution >= 4 is 17.2 Å². The lowest BCUT2D eigenvalue weighted by Gasteiger charge is -2.22. The van der Waals surface area contributed by atoms with Gasteiger partial charge in [0.25, 0.3) is 0 Å². The number of hydrogen-bond acceptors (Lipinski definition) is 7. The molecule has 0 bridgehead atoms. The Morgan fingerprint density at radius 1 is 1.00 bits per heavy atom. The lowest BCUT2D eigenvalue weighted by atomic mass is 10.2. The molecule has 146 valence electrons. The van der Waals surface area contributed by atoms with Crippen LogP contribution in [0.1, 0.15) is 23.4 Å². The Bertz CT molecular complexity index is 994. The quantitative estimate of drug-likeness (QED) is 0.444. The predicted octanol–water partition coefficient (Wildman–Crippen LogP) is 3.75. The van der Waals surface area contributed by atoms with Crippen LogP contribution in [0.25, 0.3) is 10.7 Å². The molecule has 0 aliphatic carbocycles. The zero-order valence-electron chi connectivity index (χ0n) is 15.6. The Labute approximate surface area is 172 Å². The molecule has 4 rings (SSSR count). The smallest absolute Gasteiger partial charge is 0.227 e. The first kappa shape index (κ1) is 18.9. The number of nitrogens with zero attached hydrogens (tertiary/aromatic N) is 5. The average molecular weight is 405 g/mol. The van der Waals surface area contributed by atoms with Crippen molar-refractivity contribution in [3.05, 3.63) is 83.6 Å². The molecule has 0 aliphatic rings. The lowest BCUT2D eigenvalue weighted by molar-refractivity contribution is -0.132. The number of carbonyl (C=O) groups is 1. The van der Waals surface area contributed by atoms with Gasteiger partial charge in [-0.2, -0.15) is 4.98 Å². The van der Waals surface area contributed by atoms with Gasteiger partial charge in [-0.3, -0.25) is 14.8 Å². The van der Waals surface area contributed by atoms with Gasteiger partial charge in [0.05, 0.1) is 4.88 Å². The van der Waals surface area contributed by atoms with Crippen LogP contribution in [0.4, 0.5) is 0 Å². The van der Waals surface area contributed by atoms with Crippen molar-refractivity contribution in [2.24, 2.45) is 0 Å². The van der Waals surface area contributed by atoms with E-state index in [1.165, 1.54) is 0 Å². The van der Waals surface area contributed by atoms with Crippen LogP contribution in [-0.2, 0) is 24.3 Å². The molecule has 0 aliphatic heterocycles. The zero-order valence-corrected chi connectivity index (χ0v) is 16.5. The third-order valence-electron chi connectivity index (χ3n) is 4.33. The van der Waals surface area contributed by atoms with Crippen LogP contribution in [-0.4, -0.2) is 30.9 Å². The number of amides is 1. The third kappa shape index (κ3) is 5.11. The predicted molar refractivity (Wildman–Crippen MR) is 109 cm³/mol. The topological polar surface area (TPSA) is 85.0 Å². The van der Waals surface area contributed by atoms with Gasteiger partial charge in [0, 0.05) is 50.7 Å². The van der Waals surface area contributed by atoms with Crippen LogP contribution >= 0.6 is 11.3 Å². The monoisotopic (exact) mass is 405 g/mol. The average Bonchev–Trinajstić information content (AvgIpc) is 3.45. The molecular formula is C21H19N5O2S. The Morgan fingerprint density at radius 3 is 2.62 bits per heavy atom. The van der Waals surface area contributed by atoms with Crippen LogP contribution in [0.3, 0.4) is 0 Å². The summed E-state index contributed by atoms with van der Waals surface area (Å²) in [5.74, 6) is 1.04. The van der Waals surface area contributed by atoms with Gasteiger partial charge >= 0.3 is 0 Å². The van der Waals surface area contributed by atoms with Crippen molar-refractivity contribution in [1.82, 2.24) is 25.0 Å². The van der Waals surface area contributed by atoms with Crippen molar-refractivity contribution in [3.8, 4) is 10.7 Å². The van der Waals surface area contributed by atoms with E-state index >= 15 is 0 Å². The van der Waals surface area contributed by atoms with E-state index in [4.69, 9.17) is 4.52 Å². The first-order chi connectivity index (χ1) is 14.3. The Kier molecular flexibility index (Phi) is 6.01. The summed E-state index contributed by atoms with van der Waals surface area (Å²) in [6, 6.07) is 11.5. The fourth-order valence-electron chi connectivity index (χ4n) is 2.89. The fourth-order valence-corrected chi connectivity index (χ4v) is 3.54. The molecule has 0 atom stereocenters. The van der Waals surface area contributed by atoms with E-state index in [2.05, 4.69) is 20.1 Å². The minimum Gasteiger partial charge on any atom is -0.339 e. The molecule has 29 heavy (non-hydrogen) atoms. The van der Waals surface area contributed by atoms with Crippen LogP contribution in [0, 0.1) is 0 Å². The summed E-state index contributed by atoms with van der Waals surface area (Å²) in [7, 11) is 0. The lowest BCUT2D eigenvalue weighted by Crippen LogP contribution is -2.30. The Hall–Kier alpha value is -3.39. The highest BCUT2D eigenvalue weighted by Crippen LogP contribution is 2.21. The molecule has 7 nitrogen and oxygen atoms in total. The maximum absolute atomic E-state index is 13.0. The summed E-state index contributed by atoms with van der Waals surface area (Å²) >= 11 is 1.55. The van der Waals surface area contributed by atoms with E-state index in [1.54, 1.807) is 36.1 Å². The van der Waals surface area contributed by atoms with Crippen LogP contribution in [0.5, 0.6) is 0 Å². The minimum absolute atomic E-state index is 0.0153. The van der Waals surface area contributed by atoms with Gasteiger partial charge in [0.1, 0.15) is 0 Å². The normalized spacial score (nSPS) is 10.8. The molecule has 0 spiro atoms. The van der Waals surface area contributed by atoms with E-state index in [9.17, 15) is 4.79 Å². The van der Waals surface area contributed by atoms with Crippen LogP contribution < -0.4 is 0 Å². The summed E-state index contributed by atoms with van der Waals surface area (Å²) in [6.07, 6.45) is 7.64. The SMILES string of the molecule is O=C(CCc1nc(-c2cccs2)no1)N(Cc1ccncc1)Cc1cccnc1. The number of rotatable bonds is 8. The largest absolute Gasteiger partial charge is 0.339 e. The molecule has 0 saturated heterocycles. The second-order valence-corrected chi connectivity index (χ2v) is 7.40. The maximum atomic E-state index is 13.0. The molecule has 8 heteroatoms. The third-order valence-corrected chi connectivity index (χ3v) is 5.20. The van der Waals surface area contributed by atoms with Crippen molar-refractivity contribution in [2.45, 2.75) is 25.9 Å². The molecule has 0 radical (unpaired) electrons. The Morgan fingerprint density at radius 2 is 1.86 bits per heavy atom. The molecule has 0 aromatic carbocycles. The first-order valence-corrected chi connectivity index (χ1v) is 10.1. The van der Waals surface area contributed by atoms with Crippen molar-refractivity contribution in [3.63, 3.8) is 0 Å². The maximum Gasteiger partial charge on any atom is 0.227 e. The molecule has 0 N–H and O–H groups in total. The highest BCUT2D eigenvalue weighted by atomic mass is 32.1. The molecule has 0 fully saturated rings. The number of carbonyl (C=O) groups excluding carboxylic acids is 1. The van der Waals surface area contributed by atoms with Gasteiger partial charge in [-0.1, -0.05) is 17.3 Å². The first-order valence-electron chi connectivity index (χ1n) is 9.20. The molecule has 4 heterocycles. The number of pyridine rings is 2. The standard InChI is InChI=1S/C21H19N5O2S/c27-20(6-5-19-24-21(25-28-19)18-4-2-12-29-18)26(14-16-7-10-22-11-8-16)15-17-3-1-9-23-13-17/h1-4,7-13H,5-6,14-15H2. The second kappa shape index (κ2) is 9.20. The summed E-state index contributed by atoms with van der Waals surface area (Å²) in [6.45, 7) is 0.986. The van der Waals surface area contributed by atoms with E-state index < -0.39 is 0 Å². The summed E-state index contributed by atoms with van der Waals surface area (Å²) in [5.41, 5.74) is 2.00. The fraction of sp³-hybridized carbons (Fsp3) is 0.190. The Balaban J connectivity index is 1.43. The highest BCUT2D eigenvalue weighted by molar-refractivity contribution is 7.13. The molecule has 4 aromatic heterocycles. The molecular weight excluding hydrogens is 386 g/mol. The number of thiophene rings is 1. The van der Waals surface area contributed by atoms with Crippen molar-refractivity contribution in [2.75, 3.05) is 0 Å². The minimum atomic E-state index is 0.0153. The number of aromatic nitrogens is 4. The molecule has 1 amide bonds. The van der Waals surface area contributed by atoms with Gasteiger partial charge in [0.15, 0.2) is 0 Å². The van der Waals surface area contributed by atoms with Crippen molar-refractivity contribution in [1.29, 1.82) is 0 Å². The second-order valence-electron chi connectivity index (χ2n) is 6.46. The highest BCUT2D eigenvalue weighted by Gasteiger charge is 2.17. The van der Waals surface area contributed by atoms with Crippen LogP contribution in [0.15, 0.2) is 71.1 Å². The summed E-state index contributed by atoms with van der Waals surface area (Å²) in [5, 5.41) is 5.96. The van der Waals surface area contributed by atoms with Crippen LogP contribution in [0.2, 0.25) is 0 Å². The molecule has 4 aromatic rings. The van der Waals surface area contributed by atoms with Gasteiger partial charge in [0.2, 0.25) is 17.6 Å². The summed E-state index contributed by atoms with van der Waals surface area (Å²) in [4.78, 5) is 28.3. The number of aryl methyl sites for hydroxylation is 1. The van der Waals surface area contributed by atoms with Gasteiger partial charge in [-0.05, 0) is 40.8 Å². The zero-order chi connectivity index (χ0) is 19.9. The van der Waals surface area contributed by atoms with E-state index in [0.717, 1.165) is 16.0 Å². The molecule has 0 saturated carbocycles. The van der Waals surface area contributed by atoms with Gasteiger partial charge in [-0.15, -0.1) is 11.3 Å².